The van der Waals surface area contributed by atoms with Gasteiger partial charge in [-0.05, 0) is 30.5 Å². The Morgan fingerprint density at radius 2 is 1.79 bits per heavy atom. The lowest BCUT2D eigenvalue weighted by Gasteiger charge is -2.25. The molecule has 1 fully saturated rings. The van der Waals surface area contributed by atoms with Gasteiger partial charge < -0.3 is 10.4 Å². The van der Waals surface area contributed by atoms with E-state index in [1.165, 1.54) is 16.7 Å². The van der Waals surface area contributed by atoms with Gasteiger partial charge in [0.25, 0.3) is 5.91 Å². The van der Waals surface area contributed by atoms with Crippen LogP contribution in [0.2, 0.25) is 0 Å². The zero-order valence-electron chi connectivity index (χ0n) is 15.9. The van der Waals surface area contributed by atoms with Crippen molar-refractivity contribution in [2.75, 3.05) is 6.61 Å². The normalized spacial score (nSPS) is 17.4. The van der Waals surface area contributed by atoms with Gasteiger partial charge in [-0.1, -0.05) is 84.6 Å². The van der Waals surface area contributed by atoms with Crippen LogP contribution in [0.3, 0.4) is 0 Å². The predicted octanol–water partition coefficient (Wildman–Crippen LogP) is 3.00. The number of nitrogens with one attached hydrogen (secondary N) is 1. The summed E-state index contributed by atoms with van der Waals surface area (Å²) in [6.07, 6.45) is 2.28. The Labute approximate surface area is 179 Å². The fraction of sp³-hybridized carbons (Fsp3) is 0.227. The minimum absolute atomic E-state index is 0.195. The van der Waals surface area contributed by atoms with Crippen LogP contribution in [0.5, 0.6) is 0 Å². The first-order valence-corrected chi connectivity index (χ1v) is 10.5. The summed E-state index contributed by atoms with van der Waals surface area (Å²) in [5.74, 6) is -0.632. The van der Waals surface area contributed by atoms with Crippen LogP contribution in [0.4, 0.5) is 0 Å². The van der Waals surface area contributed by atoms with Crippen LogP contribution in [-0.2, 0) is 16.0 Å². The highest BCUT2D eigenvalue weighted by atomic mass is 32.2. The van der Waals surface area contributed by atoms with Crippen molar-refractivity contribution in [3.63, 3.8) is 0 Å². The van der Waals surface area contributed by atoms with Crippen LogP contribution in [0.15, 0.2) is 65.6 Å². The molecule has 2 aromatic rings. The second kappa shape index (κ2) is 9.82. The van der Waals surface area contributed by atoms with Gasteiger partial charge in [0.1, 0.15) is 10.4 Å². The summed E-state index contributed by atoms with van der Waals surface area (Å²) >= 11 is 6.54. The van der Waals surface area contributed by atoms with Gasteiger partial charge in [0.2, 0.25) is 5.91 Å². The first-order valence-electron chi connectivity index (χ1n) is 9.27. The van der Waals surface area contributed by atoms with E-state index in [2.05, 4.69) is 5.32 Å². The lowest BCUT2D eigenvalue weighted by molar-refractivity contribution is -0.132. The highest BCUT2D eigenvalue weighted by Crippen LogP contribution is 2.34. The van der Waals surface area contributed by atoms with Gasteiger partial charge in [0.15, 0.2) is 0 Å². The van der Waals surface area contributed by atoms with Crippen LogP contribution in [-0.4, -0.2) is 44.8 Å². The molecule has 2 amide bonds. The summed E-state index contributed by atoms with van der Waals surface area (Å²) < 4.78 is 0.350. The number of benzene rings is 2. The third-order valence-corrected chi connectivity index (χ3v) is 5.91. The quantitative estimate of drug-likeness (QED) is 0.526. The predicted molar refractivity (Wildman–Crippen MR) is 120 cm³/mol. The zero-order valence-corrected chi connectivity index (χ0v) is 17.6. The summed E-state index contributed by atoms with van der Waals surface area (Å²) in [5.41, 5.74) is 1.91. The van der Waals surface area contributed by atoms with E-state index in [1.54, 1.807) is 13.0 Å². The van der Waals surface area contributed by atoms with Crippen molar-refractivity contribution >= 4 is 46.2 Å². The van der Waals surface area contributed by atoms with Gasteiger partial charge in [-0.25, -0.2) is 0 Å². The molecule has 1 heterocycles. The fourth-order valence-corrected chi connectivity index (χ4v) is 4.43. The molecule has 2 atom stereocenters. The monoisotopic (exact) mass is 426 g/mol. The zero-order chi connectivity index (χ0) is 20.8. The lowest BCUT2D eigenvalue weighted by atomic mass is 10.1. The Morgan fingerprint density at radius 3 is 2.41 bits per heavy atom. The molecule has 3 rings (SSSR count). The van der Waals surface area contributed by atoms with E-state index < -0.39 is 12.1 Å². The first-order chi connectivity index (χ1) is 14.0. The summed E-state index contributed by atoms with van der Waals surface area (Å²) in [7, 11) is 0. The number of aliphatic hydroxyl groups is 1. The molecule has 0 aromatic heterocycles. The molecule has 0 spiro atoms. The number of hydrogen-bond donors (Lipinski definition) is 2. The Kier molecular flexibility index (Phi) is 7.19. The Balaban J connectivity index is 1.67. The molecule has 2 aromatic carbocycles. The molecule has 0 bridgehead atoms. The topological polar surface area (TPSA) is 69.6 Å². The van der Waals surface area contributed by atoms with E-state index in [0.717, 1.165) is 11.1 Å². The molecule has 1 unspecified atom stereocenters. The van der Waals surface area contributed by atoms with Crippen molar-refractivity contribution in [3.05, 3.63) is 76.7 Å². The van der Waals surface area contributed by atoms with Crippen molar-refractivity contribution in [2.45, 2.75) is 25.4 Å². The smallest absolute Gasteiger partial charge is 0.266 e. The molecule has 1 aliphatic heterocycles. The van der Waals surface area contributed by atoms with Gasteiger partial charge in [0.05, 0.1) is 17.6 Å². The van der Waals surface area contributed by atoms with Crippen LogP contribution < -0.4 is 5.32 Å². The van der Waals surface area contributed by atoms with E-state index in [0.29, 0.717) is 15.6 Å². The van der Waals surface area contributed by atoms with Crippen molar-refractivity contribution in [1.82, 2.24) is 10.2 Å². The number of amides is 2. The SMILES string of the molecule is CC(C(=O)N[C@@H](CO)Cc1ccccc1)N1C(=O)C(=Cc2ccccc2)SC1=S. The third-order valence-electron chi connectivity index (χ3n) is 4.58. The molecule has 1 saturated heterocycles. The van der Waals surface area contributed by atoms with Gasteiger partial charge in [-0.15, -0.1) is 0 Å². The number of aliphatic hydroxyl groups excluding tert-OH is 1. The maximum absolute atomic E-state index is 12.8. The van der Waals surface area contributed by atoms with Crippen molar-refractivity contribution in [2.24, 2.45) is 0 Å². The molecule has 0 radical (unpaired) electrons. The third kappa shape index (κ3) is 5.32. The average molecular weight is 427 g/mol. The molecule has 1 aliphatic rings. The van der Waals surface area contributed by atoms with Crippen molar-refractivity contribution in [3.8, 4) is 0 Å². The van der Waals surface area contributed by atoms with Gasteiger partial charge >= 0.3 is 0 Å². The van der Waals surface area contributed by atoms with E-state index >= 15 is 0 Å². The van der Waals surface area contributed by atoms with Crippen LogP contribution in [0, 0.1) is 0 Å². The first kappa shape index (κ1) is 21.2. The molecule has 7 heteroatoms. The molecule has 5 nitrogen and oxygen atoms in total. The number of thioether (sulfide) groups is 1. The van der Waals surface area contributed by atoms with E-state index in [9.17, 15) is 14.7 Å². The van der Waals surface area contributed by atoms with Gasteiger partial charge in [-0.2, -0.15) is 0 Å². The van der Waals surface area contributed by atoms with Gasteiger partial charge in [0, 0.05) is 0 Å². The van der Waals surface area contributed by atoms with Gasteiger partial charge in [-0.3, -0.25) is 14.5 Å². The van der Waals surface area contributed by atoms with Crippen molar-refractivity contribution < 1.29 is 14.7 Å². The minimum Gasteiger partial charge on any atom is -0.394 e. The van der Waals surface area contributed by atoms with Crippen LogP contribution >= 0.6 is 24.0 Å². The molecule has 150 valence electrons. The Morgan fingerprint density at radius 1 is 1.17 bits per heavy atom. The van der Waals surface area contributed by atoms with Crippen LogP contribution in [0.1, 0.15) is 18.1 Å². The average Bonchev–Trinajstić information content (AvgIpc) is 3.01. The summed E-state index contributed by atoms with van der Waals surface area (Å²) in [5, 5.41) is 12.5. The maximum Gasteiger partial charge on any atom is 0.266 e. The summed E-state index contributed by atoms with van der Waals surface area (Å²) in [4.78, 5) is 27.4. The minimum atomic E-state index is -0.769. The summed E-state index contributed by atoms with van der Waals surface area (Å²) in [6, 6.07) is 17.9. The van der Waals surface area contributed by atoms with E-state index in [1.807, 2.05) is 60.7 Å². The molecule has 0 aliphatic carbocycles. The second-order valence-electron chi connectivity index (χ2n) is 6.72. The molecular formula is C22H22N2O3S2. The number of nitrogens with zero attached hydrogens (tertiary/aromatic N) is 1. The van der Waals surface area contributed by atoms with E-state index in [4.69, 9.17) is 12.2 Å². The summed E-state index contributed by atoms with van der Waals surface area (Å²) in [6.45, 7) is 1.45. The molecule has 29 heavy (non-hydrogen) atoms. The standard InChI is InChI=1S/C22H22N2O3S2/c1-15(20(26)23-18(14-25)12-16-8-4-2-5-9-16)24-21(27)19(29-22(24)28)13-17-10-6-3-7-11-17/h2-11,13,15,18,25H,12,14H2,1H3,(H,23,26)/t15?,18-/m1/s1. The largest absolute Gasteiger partial charge is 0.394 e. The number of carbonyl (C=O) groups is 2. The van der Waals surface area contributed by atoms with Crippen LogP contribution in [0.25, 0.3) is 6.08 Å². The Bertz CT molecular complexity index is 916. The maximum atomic E-state index is 12.8. The fourth-order valence-electron chi connectivity index (χ4n) is 3.01. The number of carbonyl (C=O) groups excluding carboxylic acids is 2. The Hall–Kier alpha value is -2.48. The van der Waals surface area contributed by atoms with E-state index in [-0.39, 0.29) is 18.4 Å². The number of rotatable bonds is 7. The molecule has 0 saturated carbocycles. The lowest BCUT2D eigenvalue weighted by Crippen LogP contribution is -2.51. The molecule has 2 N–H and O–H groups in total. The molecular weight excluding hydrogens is 404 g/mol. The highest BCUT2D eigenvalue weighted by molar-refractivity contribution is 8.26. The number of hydrogen-bond acceptors (Lipinski definition) is 5. The highest BCUT2D eigenvalue weighted by Gasteiger charge is 2.38. The number of thiocarbonyl (C=S) groups is 1. The van der Waals surface area contributed by atoms with Crippen molar-refractivity contribution in [1.29, 1.82) is 0 Å². The second-order valence-corrected chi connectivity index (χ2v) is 8.39.